The molecule has 0 aliphatic carbocycles. The van der Waals surface area contributed by atoms with E-state index in [4.69, 9.17) is 16.9 Å². The normalized spacial score (nSPS) is 20.2. The summed E-state index contributed by atoms with van der Waals surface area (Å²) in [5, 5.41) is 9.59. The zero-order valence-corrected chi connectivity index (χ0v) is 12.3. The molecule has 0 bridgehead atoms. The van der Waals surface area contributed by atoms with Crippen LogP contribution in [0.2, 0.25) is 5.02 Å². The summed E-state index contributed by atoms with van der Waals surface area (Å²) >= 11 is 6.27. The minimum atomic E-state index is 0.637. The van der Waals surface area contributed by atoms with E-state index in [0.29, 0.717) is 11.6 Å². The standard InChI is InChI=1S/C16H21ClN2/c1-2-5-15-6-3-4-9-19(15)12-14-8-7-13(11-18)10-16(14)17/h7-8,10,15H,2-6,9,12H2,1H3. The van der Waals surface area contributed by atoms with E-state index in [1.54, 1.807) is 6.07 Å². The first-order valence-electron chi connectivity index (χ1n) is 7.17. The van der Waals surface area contributed by atoms with Crippen molar-refractivity contribution < 1.29 is 0 Å². The lowest BCUT2D eigenvalue weighted by molar-refractivity contribution is 0.131. The van der Waals surface area contributed by atoms with Gasteiger partial charge in [-0.2, -0.15) is 5.26 Å². The summed E-state index contributed by atoms with van der Waals surface area (Å²) in [5.41, 5.74) is 1.78. The van der Waals surface area contributed by atoms with Gasteiger partial charge in [0.1, 0.15) is 0 Å². The van der Waals surface area contributed by atoms with Crippen molar-refractivity contribution in [3.05, 3.63) is 34.3 Å². The monoisotopic (exact) mass is 276 g/mol. The van der Waals surface area contributed by atoms with E-state index in [9.17, 15) is 0 Å². The molecular formula is C16H21ClN2. The van der Waals surface area contributed by atoms with Crippen molar-refractivity contribution in [2.45, 2.75) is 51.6 Å². The van der Waals surface area contributed by atoms with Crippen molar-refractivity contribution in [2.75, 3.05) is 6.54 Å². The number of likely N-dealkylation sites (tertiary alicyclic amines) is 1. The molecule has 1 saturated heterocycles. The predicted molar refractivity (Wildman–Crippen MR) is 79.1 cm³/mol. The zero-order chi connectivity index (χ0) is 13.7. The number of rotatable bonds is 4. The number of hydrogen-bond donors (Lipinski definition) is 0. The molecular weight excluding hydrogens is 256 g/mol. The highest BCUT2D eigenvalue weighted by Gasteiger charge is 2.22. The van der Waals surface area contributed by atoms with Crippen LogP contribution in [0.4, 0.5) is 0 Å². The van der Waals surface area contributed by atoms with Crippen molar-refractivity contribution in [1.29, 1.82) is 5.26 Å². The van der Waals surface area contributed by atoms with E-state index >= 15 is 0 Å². The fourth-order valence-corrected chi connectivity index (χ4v) is 3.13. The van der Waals surface area contributed by atoms with Crippen LogP contribution in [0.15, 0.2) is 18.2 Å². The van der Waals surface area contributed by atoms with Gasteiger partial charge in [0.05, 0.1) is 11.6 Å². The SMILES string of the molecule is CCCC1CCCCN1Cc1ccc(C#N)cc1Cl. The lowest BCUT2D eigenvalue weighted by Crippen LogP contribution is -2.38. The predicted octanol–water partition coefficient (Wildman–Crippen LogP) is 4.37. The Bertz CT molecular complexity index is 462. The molecule has 1 aromatic carbocycles. The first-order chi connectivity index (χ1) is 9.24. The van der Waals surface area contributed by atoms with E-state index in [-0.39, 0.29) is 0 Å². The minimum Gasteiger partial charge on any atom is -0.296 e. The quantitative estimate of drug-likeness (QED) is 0.817. The van der Waals surface area contributed by atoms with E-state index in [1.807, 2.05) is 12.1 Å². The van der Waals surface area contributed by atoms with Crippen molar-refractivity contribution >= 4 is 11.6 Å². The molecule has 2 rings (SSSR count). The molecule has 0 amide bonds. The van der Waals surface area contributed by atoms with Crippen LogP contribution in [0.5, 0.6) is 0 Å². The molecule has 1 aliphatic heterocycles. The van der Waals surface area contributed by atoms with Crippen LogP contribution in [-0.2, 0) is 6.54 Å². The van der Waals surface area contributed by atoms with E-state index < -0.39 is 0 Å². The lowest BCUT2D eigenvalue weighted by atomic mass is 9.97. The summed E-state index contributed by atoms with van der Waals surface area (Å²) in [4.78, 5) is 2.56. The molecule has 0 spiro atoms. The van der Waals surface area contributed by atoms with Crippen LogP contribution >= 0.6 is 11.6 Å². The number of piperidine rings is 1. The van der Waals surface area contributed by atoms with Crippen LogP contribution in [0.3, 0.4) is 0 Å². The third kappa shape index (κ3) is 3.72. The maximum atomic E-state index is 8.87. The fraction of sp³-hybridized carbons (Fsp3) is 0.562. The van der Waals surface area contributed by atoms with Gasteiger partial charge in [-0.15, -0.1) is 0 Å². The Morgan fingerprint density at radius 2 is 2.26 bits per heavy atom. The Kier molecular flexibility index (Phi) is 5.24. The van der Waals surface area contributed by atoms with Crippen LogP contribution in [0, 0.1) is 11.3 Å². The second-order valence-electron chi connectivity index (χ2n) is 5.33. The number of benzene rings is 1. The molecule has 0 saturated carbocycles. The second-order valence-corrected chi connectivity index (χ2v) is 5.73. The van der Waals surface area contributed by atoms with Crippen LogP contribution in [-0.4, -0.2) is 17.5 Å². The Morgan fingerprint density at radius 1 is 1.42 bits per heavy atom. The molecule has 3 heteroatoms. The average Bonchev–Trinajstić information content (AvgIpc) is 2.43. The van der Waals surface area contributed by atoms with Crippen molar-refractivity contribution in [2.24, 2.45) is 0 Å². The Labute approximate surface area is 121 Å². The molecule has 0 radical (unpaired) electrons. The Hall–Kier alpha value is -1.04. The van der Waals surface area contributed by atoms with Crippen LogP contribution in [0.1, 0.15) is 50.2 Å². The zero-order valence-electron chi connectivity index (χ0n) is 11.5. The van der Waals surface area contributed by atoms with Crippen molar-refractivity contribution in [1.82, 2.24) is 4.90 Å². The third-order valence-electron chi connectivity index (χ3n) is 3.93. The molecule has 1 unspecified atom stereocenters. The Morgan fingerprint density at radius 3 is 2.95 bits per heavy atom. The van der Waals surface area contributed by atoms with Gasteiger partial charge in [-0.05, 0) is 43.5 Å². The fourth-order valence-electron chi connectivity index (χ4n) is 2.89. The molecule has 102 valence electrons. The maximum absolute atomic E-state index is 8.87. The molecule has 0 aromatic heterocycles. The van der Waals surface area contributed by atoms with Gasteiger partial charge >= 0.3 is 0 Å². The van der Waals surface area contributed by atoms with Gasteiger partial charge in [-0.1, -0.05) is 37.4 Å². The minimum absolute atomic E-state index is 0.637. The molecule has 1 heterocycles. The van der Waals surface area contributed by atoms with Gasteiger partial charge in [0, 0.05) is 17.6 Å². The van der Waals surface area contributed by atoms with Crippen molar-refractivity contribution in [3.63, 3.8) is 0 Å². The van der Waals surface area contributed by atoms with Gasteiger partial charge in [0.2, 0.25) is 0 Å². The van der Waals surface area contributed by atoms with Crippen LogP contribution in [0.25, 0.3) is 0 Å². The highest BCUT2D eigenvalue weighted by molar-refractivity contribution is 6.31. The summed E-state index contributed by atoms with van der Waals surface area (Å²) < 4.78 is 0. The molecule has 1 aromatic rings. The molecule has 19 heavy (non-hydrogen) atoms. The number of nitrogens with zero attached hydrogens (tertiary/aromatic N) is 2. The number of nitriles is 1. The van der Waals surface area contributed by atoms with Gasteiger partial charge in [0.15, 0.2) is 0 Å². The van der Waals surface area contributed by atoms with Gasteiger partial charge in [-0.3, -0.25) is 4.90 Å². The highest BCUT2D eigenvalue weighted by atomic mass is 35.5. The number of halogens is 1. The first-order valence-corrected chi connectivity index (χ1v) is 7.55. The van der Waals surface area contributed by atoms with E-state index in [0.717, 1.165) is 17.1 Å². The third-order valence-corrected chi connectivity index (χ3v) is 4.28. The van der Waals surface area contributed by atoms with Gasteiger partial charge in [-0.25, -0.2) is 0 Å². The van der Waals surface area contributed by atoms with Gasteiger partial charge < -0.3 is 0 Å². The van der Waals surface area contributed by atoms with Gasteiger partial charge in [0.25, 0.3) is 0 Å². The Balaban J connectivity index is 2.08. The second kappa shape index (κ2) is 6.93. The lowest BCUT2D eigenvalue weighted by Gasteiger charge is -2.36. The summed E-state index contributed by atoms with van der Waals surface area (Å²) in [6, 6.07) is 8.46. The largest absolute Gasteiger partial charge is 0.296 e. The molecule has 1 aliphatic rings. The summed E-state index contributed by atoms with van der Waals surface area (Å²) in [6.07, 6.45) is 6.45. The van der Waals surface area contributed by atoms with E-state index in [2.05, 4.69) is 17.9 Å². The highest BCUT2D eigenvalue weighted by Crippen LogP contribution is 2.26. The molecule has 1 fully saturated rings. The first kappa shape index (κ1) is 14.4. The smallest absolute Gasteiger partial charge is 0.0992 e. The molecule has 2 nitrogen and oxygen atoms in total. The van der Waals surface area contributed by atoms with Crippen LogP contribution < -0.4 is 0 Å². The summed E-state index contributed by atoms with van der Waals surface area (Å²) in [6.45, 7) is 4.33. The maximum Gasteiger partial charge on any atom is 0.0992 e. The number of hydrogen-bond acceptors (Lipinski definition) is 2. The summed E-state index contributed by atoms with van der Waals surface area (Å²) in [5.74, 6) is 0. The topological polar surface area (TPSA) is 27.0 Å². The summed E-state index contributed by atoms with van der Waals surface area (Å²) in [7, 11) is 0. The molecule has 1 atom stereocenters. The van der Waals surface area contributed by atoms with E-state index in [1.165, 1.54) is 38.6 Å². The average molecular weight is 277 g/mol. The molecule has 0 N–H and O–H groups in total. The van der Waals surface area contributed by atoms with Crippen molar-refractivity contribution in [3.8, 4) is 6.07 Å².